The number of rotatable bonds is 7. The standard InChI is InChI=1S/C10H23NO/c1-4-6-7-9(5-2)8-10(12)11-3/h9-12H,4-8H2,1-3H3. The normalized spacial score (nSPS) is 16.0. The van der Waals surface area contributed by atoms with E-state index in [9.17, 15) is 5.11 Å². The summed E-state index contributed by atoms with van der Waals surface area (Å²) >= 11 is 0. The third kappa shape index (κ3) is 5.56. The molecular weight excluding hydrogens is 150 g/mol. The molecular formula is C10H23NO. The number of hydrogen-bond acceptors (Lipinski definition) is 2. The summed E-state index contributed by atoms with van der Waals surface area (Å²) in [4.78, 5) is 0. The number of aliphatic hydroxyl groups excluding tert-OH is 1. The Balaban J connectivity index is 3.51. The lowest BCUT2D eigenvalue weighted by atomic mass is 9.95. The highest BCUT2D eigenvalue weighted by atomic mass is 16.3. The third-order valence-electron chi connectivity index (χ3n) is 2.43. The first-order valence-corrected chi connectivity index (χ1v) is 5.09. The van der Waals surface area contributed by atoms with Gasteiger partial charge >= 0.3 is 0 Å². The highest BCUT2D eigenvalue weighted by molar-refractivity contribution is 4.61. The van der Waals surface area contributed by atoms with Crippen LogP contribution in [0.2, 0.25) is 0 Å². The van der Waals surface area contributed by atoms with Crippen molar-refractivity contribution in [3.8, 4) is 0 Å². The molecule has 2 nitrogen and oxygen atoms in total. The number of unbranched alkanes of at least 4 members (excludes halogenated alkanes) is 1. The molecule has 0 aromatic rings. The maximum atomic E-state index is 9.35. The Morgan fingerprint density at radius 3 is 2.42 bits per heavy atom. The van der Waals surface area contributed by atoms with Crippen LogP contribution in [0.3, 0.4) is 0 Å². The summed E-state index contributed by atoms with van der Waals surface area (Å²) in [5.74, 6) is 0.687. The molecule has 0 rings (SSSR count). The lowest BCUT2D eigenvalue weighted by Gasteiger charge is -2.17. The molecule has 0 aliphatic carbocycles. The predicted octanol–water partition coefficient (Wildman–Crippen LogP) is 2.13. The molecule has 0 radical (unpaired) electrons. The second-order valence-corrected chi connectivity index (χ2v) is 3.46. The summed E-state index contributed by atoms with van der Waals surface area (Å²) in [5.41, 5.74) is 0. The molecule has 0 aliphatic rings. The van der Waals surface area contributed by atoms with Crippen molar-refractivity contribution in [1.82, 2.24) is 5.32 Å². The van der Waals surface area contributed by atoms with Gasteiger partial charge in [0.25, 0.3) is 0 Å². The fraction of sp³-hybridized carbons (Fsp3) is 1.00. The summed E-state index contributed by atoms with van der Waals surface area (Å²) in [7, 11) is 1.80. The van der Waals surface area contributed by atoms with Crippen molar-refractivity contribution in [2.24, 2.45) is 5.92 Å². The van der Waals surface area contributed by atoms with Crippen LogP contribution in [0.5, 0.6) is 0 Å². The molecule has 2 unspecified atom stereocenters. The minimum atomic E-state index is -0.313. The van der Waals surface area contributed by atoms with E-state index in [-0.39, 0.29) is 6.23 Å². The van der Waals surface area contributed by atoms with E-state index in [0.717, 1.165) is 6.42 Å². The van der Waals surface area contributed by atoms with Gasteiger partial charge in [0.2, 0.25) is 0 Å². The Kier molecular flexibility index (Phi) is 7.51. The van der Waals surface area contributed by atoms with Gasteiger partial charge in [-0.15, -0.1) is 0 Å². The molecule has 2 atom stereocenters. The quantitative estimate of drug-likeness (QED) is 0.578. The molecule has 0 aromatic heterocycles. The lowest BCUT2D eigenvalue weighted by Crippen LogP contribution is -2.27. The maximum absolute atomic E-state index is 9.35. The Morgan fingerprint density at radius 2 is 2.00 bits per heavy atom. The topological polar surface area (TPSA) is 32.3 Å². The molecule has 0 amide bonds. The molecule has 12 heavy (non-hydrogen) atoms. The number of nitrogens with one attached hydrogen (secondary N) is 1. The number of hydrogen-bond donors (Lipinski definition) is 2. The molecule has 0 fully saturated rings. The van der Waals surface area contributed by atoms with E-state index in [0.29, 0.717) is 5.92 Å². The fourth-order valence-corrected chi connectivity index (χ4v) is 1.42. The van der Waals surface area contributed by atoms with Gasteiger partial charge in [0, 0.05) is 0 Å². The third-order valence-corrected chi connectivity index (χ3v) is 2.43. The monoisotopic (exact) mass is 173 g/mol. The van der Waals surface area contributed by atoms with Crippen LogP contribution < -0.4 is 5.32 Å². The van der Waals surface area contributed by atoms with Gasteiger partial charge in [-0.1, -0.05) is 39.5 Å². The molecule has 0 heterocycles. The number of aliphatic hydroxyl groups is 1. The Labute approximate surface area is 76.4 Å². The zero-order valence-corrected chi connectivity index (χ0v) is 8.64. The molecule has 0 aliphatic heterocycles. The van der Waals surface area contributed by atoms with Crippen molar-refractivity contribution in [3.63, 3.8) is 0 Å². The Morgan fingerprint density at radius 1 is 1.33 bits per heavy atom. The highest BCUT2D eigenvalue weighted by Gasteiger charge is 2.10. The lowest BCUT2D eigenvalue weighted by molar-refractivity contribution is 0.112. The molecule has 0 saturated heterocycles. The van der Waals surface area contributed by atoms with E-state index >= 15 is 0 Å². The van der Waals surface area contributed by atoms with Gasteiger partial charge in [0.1, 0.15) is 6.23 Å². The van der Waals surface area contributed by atoms with E-state index in [1.54, 1.807) is 7.05 Å². The van der Waals surface area contributed by atoms with E-state index in [1.807, 2.05) is 0 Å². The van der Waals surface area contributed by atoms with Crippen LogP contribution in [0.1, 0.15) is 46.0 Å². The zero-order valence-electron chi connectivity index (χ0n) is 8.64. The van der Waals surface area contributed by atoms with E-state index in [1.165, 1.54) is 25.7 Å². The molecule has 0 bridgehead atoms. The Hall–Kier alpha value is -0.0800. The molecule has 0 saturated carbocycles. The van der Waals surface area contributed by atoms with Crippen molar-refractivity contribution in [3.05, 3.63) is 0 Å². The van der Waals surface area contributed by atoms with Crippen LogP contribution in [0.4, 0.5) is 0 Å². The van der Waals surface area contributed by atoms with Crippen LogP contribution in [0.15, 0.2) is 0 Å². The van der Waals surface area contributed by atoms with Crippen molar-refractivity contribution in [2.75, 3.05) is 7.05 Å². The molecule has 74 valence electrons. The van der Waals surface area contributed by atoms with Crippen molar-refractivity contribution < 1.29 is 5.11 Å². The molecule has 2 heteroatoms. The molecule has 0 spiro atoms. The highest BCUT2D eigenvalue weighted by Crippen LogP contribution is 2.17. The van der Waals surface area contributed by atoms with Gasteiger partial charge in [-0.2, -0.15) is 0 Å². The average Bonchev–Trinajstić information content (AvgIpc) is 2.11. The van der Waals surface area contributed by atoms with Gasteiger partial charge < -0.3 is 5.11 Å². The van der Waals surface area contributed by atoms with Gasteiger partial charge in [0.15, 0.2) is 0 Å². The minimum absolute atomic E-state index is 0.313. The van der Waals surface area contributed by atoms with E-state index in [2.05, 4.69) is 19.2 Å². The Bertz CT molecular complexity index is 95.8. The second kappa shape index (κ2) is 7.56. The maximum Gasteiger partial charge on any atom is 0.104 e. The van der Waals surface area contributed by atoms with Crippen LogP contribution in [0.25, 0.3) is 0 Å². The second-order valence-electron chi connectivity index (χ2n) is 3.46. The van der Waals surface area contributed by atoms with Gasteiger partial charge in [0.05, 0.1) is 0 Å². The largest absolute Gasteiger partial charge is 0.379 e. The van der Waals surface area contributed by atoms with E-state index in [4.69, 9.17) is 0 Å². The smallest absolute Gasteiger partial charge is 0.104 e. The fourth-order valence-electron chi connectivity index (χ4n) is 1.42. The average molecular weight is 173 g/mol. The van der Waals surface area contributed by atoms with E-state index < -0.39 is 0 Å². The first kappa shape index (κ1) is 11.9. The SMILES string of the molecule is CCCCC(CC)CC(O)NC. The molecule has 0 aromatic carbocycles. The van der Waals surface area contributed by atoms with Gasteiger partial charge in [-0.05, 0) is 19.4 Å². The summed E-state index contributed by atoms with van der Waals surface area (Å²) < 4.78 is 0. The zero-order chi connectivity index (χ0) is 9.40. The van der Waals surface area contributed by atoms with Crippen LogP contribution in [-0.4, -0.2) is 18.4 Å². The summed E-state index contributed by atoms with van der Waals surface area (Å²) in [6, 6.07) is 0. The summed E-state index contributed by atoms with van der Waals surface area (Å²) in [5, 5.41) is 12.2. The molecule has 2 N–H and O–H groups in total. The first-order chi connectivity index (χ1) is 5.74. The van der Waals surface area contributed by atoms with Crippen LogP contribution in [0, 0.1) is 5.92 Å². The minimum Gasteiger partial charge on any atom is -0.379 e. The van der Waals surface area contributed by atoms with Crippen molar-refractivity contribution in [1.29, 1.82) is 0 Å². The predicted molar refractivity (Wildman–Crippen MR) is 53.0 cm³/mol. The van der Waals surface area contributed by atoms with Crippen LogP contribution in [-0.2, 0) is 0 Å². The van der Waals surface area contributed by atoms with Gasteiger partial charge in [-0.25, -0.2) is 0 Å². The van der Waals surface area contributed by atoms with Crippen molar-refractivity contribution in [2.45, 2.75) is 52.2 Å². The van der Waals surface area contributed by atoms with Gasteiger partial charge in [-0.3, -0.25) is 5.32 Å². The summed E-state index contributed by atoms with van der Waals surface area (Å²) in [6.45, 7) is 4.41. The first-order valence-electron chi connectivity index (χ1n) is 5.09. The summed E-state index contributed by atoms with van der Waals surface area (Å²) in [6.07, 6.45) is 5.56. The van der Waals surface area contributed by atoms with Crippen molar-refractivity contribution >= 4 is 0 Å². The van der Waals surface area contributed by atoms with Crippen LogP contribution >= 0.6 is 0 Å².